The van der Waals surface area contributed by atoms with Gasteiger partial charge in [0.2, 0.25) is 0 Å². The molecular formula is C11H14BrN3. The zero-order valence-electron chi connectivity index (χ0n) is 8.76. The lowest BCUT2D eigenvalue weighted by Crippen LogP contribution is -2.04. The van der Waals surface area contributed by atoms with Crippen LogP contribution < -0.4 is 5.32 Å². The van der Waals surface area contributed by atoms with E-state index in [4.69, 9.17) is 5.26 Å². The largest absolute Gasteiger partial charge is 0.369 e. The fourth-order valence-corrected chi connectivity index (χ4v) is 1.58. The Balaban J connectivity index is 2.57. The van der Waals surface area contributed by atoms with Gasteiger partial charge in [-0.15, -0.1) is 0 Å². The molecule has 1 heterocycles. The Bertz CT molecular complexity index is 357. The number of pyridine rings is 1. The number of rotatable bonds is 5. The predicted molar refractivity (Wildman–Crippen MR) is 64.7 cm³/mol. The minimum Gasteiger partial charge on any atom is -0.369 e. The van der Waals surface area contributed by atoms with Crippen molar-refractivity contribution in [2.45, 2.75) is 26.2 Å². The van der Waals surface area contributed by atoms with Crippen LogP contribution in [0.25, 0.3) is 0 Å². The Hall–Kier alpha value is -1.08. The molecule has 0 aliphatic rings. The number of anilines is 1. The molecule has 80 valence electrons. The molecule has 1 aromatic rings. The summed E-state index contributed by atoms with van der Waals surface area (Å²) in [5.74, 6) is 0.678. The number of aromatic nitrogens is 1. The van der Waals surface area contributed by atoms with Crippen LogP contribution in [0.2, 0.25) is 0 Å². The van der Waals surface area contributed by atoms with Crippen molar-refractivity contribution in [2.75, 3.05) is 11.9 Å². The summed E-state index contributed by atoms with van der Waals surface area (Å²) in [6.45, 7) is 3.04. The highest BCUT2D eigenvalue weighted by Crippen LogP contribution is 2.16. The molecule has 0 saturated heterocycles. The Morgan fingerprint density at radius 2 is 2.33 bits per heavy atom. The Morgan fingerprint density at radius 3 is 3.00 bits per heavy atom. The van der Waals surface area contributed by atoms with E-state index in [9.17, 15) is 0 Å². The van der Waals surface area contributed by atoms with Crippen molar-refractivity contribution in [3.63, 3.8) is 0 Å². The highest BCUT2D eigenvalue weighted by molar-refractivity contribution is 9.10. The molecule has 0 saturated carbocycles. The standard InChI is InChI=1S/C11H14BrN3/c1-2-3-4-5-14-11-9(7-13)6-10(12)8-15-11/h6,8H,2-5H2,1H3,(H,14,15). The lowest BCUT2D eigenvalue weighted by Gasteiger charge is -2.06. The lowest BCUT2D eigenvalue weighted by molar-refractivity contribution is 0.742. The monoisotopic (exact) mass is 267 g/mol. The van der Waals surface area contributed by atoms with Gasteiger partial charge in [0.25, 0.3) is 0 Å². The van der Waals surface area contributed by atoms with Crippen LogP contribution in [0.15, 0.2) is 16.7 Å². The molecule has 1 N–H and O–H groups in total. The van der Waals surface area contributed by atoms with Gasteiger partial charge in [0, 0.05) is 17.2 Å². The Kier molecular flexibility index (Phi) is 5.13. The van der Waals surface area contributed by atoms with Crippen LogP contribution in [0.3, 0.4) is 0 Å². The molecule has 0 fully saturated rings. The molecule has 1 aromatic heterocycles. The topological polar surface area (TPSA) is 48.7 Å². The second-order valence-electron chi connectivity index (χ2n) is 3.30. The molecule has 0 aliphatic carbocycles. The Morgan fingerprint density at radius 1 is 1.53 bits per heavy atom. The van der Waals surface area contributed by atoms with Crippen LogP contribution in [0, 0.1) is 11.3 Å². The molecule has 0 radical (unpaired) electrons. The first-order valence-electron chi connectivity index (χ1n) is 5.07. The van der Waals surface area contributed by atoms with Crippen molar-refractivity contribution in [2.24, 2.45) is 0 Å². The maximum Gasteiger partial charge on any atom is 0.143 e. The summed E-state index contributed by atoms with van der Waals surface area (Å²) < 4.78 is 0.832. The van der Waals surface area contributed by atoms with Gasteiger partial charge in [0.15, 0.2) is 0 Å². The minimum atomic E-state index is 0.584. The molecule has 15 heavy (non-hydrogen) atoms. The number of nitriles is 1. The molecule has 0 aromatic carbocycles. The predicted octanol–water partition coefficient (Wildman–Crippen LogP) is 3.32. The average molecular weight is 268 g/mol. The highest BCUT2D eigenvalue weighted by Gasteiger charge is 2.02. The first kappa shape index (κ1) is 12.0. The van der Waals surface area contributed by atoms with Crippen LogP contribution >= 0.6 is 15.9 Å². The van der Waals surface area contributed by atoms with Gasteiger partial charge in [-0.1, -0.05) is 19.8 Å². The third-order valence-electron chi connectivity index (χ3n) is 2.05. The Labute approximate surface area is 98.7 Å². The third kappa shape index (κ3) is 3.88. The molecular weight excluding hydrogens is 254 g/mol. The zero-order valence-corrected chi connectivity index (χ0v) is 10.3. The lowest BCUT2D eigenvalue weighted by atomic mass is 10.2. The van der Waals surface area contributed by atoms with Gasteiger partial charge in [-0.3, -0.25) is 0 Å². The van der Waals surface area contributed by atoms with Crippen molar-refractivity contribution in [3.05, 3.63) is 22.3 Å². The van der Waals surface area contributed by atoms with Gasteiger partial charge < -0.3 is 5.32 Å². The first-order chi connectivity index (χ1) is 7.27. The normalized spacial score (nSPS) is 9.67. The minimum absolute atomic E-state index is 0.584. The molecule has 0 spiro atoms. The van der Waals surface area contributed by atoms with Crippen LogP contribution in [0.4, 0.5) is 5.82 Å². The molecule has 0 amide bonds. The molecule has 1 rings (SSSR count). The van der Waals surface area contributed by atoms with E-state index in [-0.39, 0.29) is 0 Å². The van der Waals surface area contributed by atoms with Crippen molar-refractivity contribution < 1.29 is 0 Å². The third-order valence-corrected chi connectivity index (χ3v) is 2.48. The summed E-state index contributed by atoms with van der Waals surface area (Å²) in [4.78, 5) is 4.17. The maximum absolute atomic E-state index is 8.89. The van der Waals surface area contributed by atoms with Crippen molar-refractivity contribution in [1.29, 1.82) is 5.26 Å². The van der Waals surface area contributed by atoms with Crippen LogP contribution in [-0.2, 0) is 0 Å². The number of unbranched alkanes of at least 4 members (excludes halogenated alkanes) is 2. The average Bonchev–Trinajstić information content (AvgIpc) is 2.26. The summed E-state index contributed by atoms with van der Waals surface area (Å²) in [7, 11) is 0. The van der Waals surface area contributed by atoms with Crippen LogP contribution in [0.5, 0.6) is 0 Å². The van der Waals surface area contributed by atoms with Gasteiger partial charge in [0.05, 0.1) is 5.56 Å². The second kappa shape index (κ2) is 6.41. The number of halogens is 1. The van der Waals surface area contributed by atoms with E-state index in [2.05, 4.69) is 39.2 Å². The number of nitrogens with zero attached hydrogens (tertiary/aromatic N) is 2. The fourth-order valence-electron chi connectivity index (χ4n) is 1.25. The van der Waals surface area contributed by atoms with Gasteiger partial charge in [0.1, 0.15) is 11.9 Å². The summed E-state index contributed by atoms with van der Waals surface area (Å²) in [6, 6.07) is 3.90. The number of hydrogen-bond donors (Lipinski definition) is 1. The maximum atomic E-state index is 8.89. The van der Waals surface area contributed by atoms with Gasteiger partial charge >= 0.3 is 0 Å². The molecule has 0 atom stereocenters. The zero-order chi connectivity index (χ0) is 11.1. The van der Waals surface area contributed by atoms with E-state index < -0.39 is 0 Å². The summed E-state index contributed by atoms with van der Waals surface area (Å²) in [6.07, 6.45) is 5.20. The summed E-state index contributed by atoms with van der Waals surface area (Å²) in [5, 5.41) is 12.1. The van der Waals surface area contributed by atoms with E-state index in [1.54, 1.807) is 12.3 Å². The van der Waals surface area contributed by atoms with E-state index in [1.807, 2.05) is 0 Å². The number of nitrogens with one attached hydrogen (secondary N) is 1. The molecule has 0 bridgehead atoms. The molecule has 4 heteroatoms. The number of hydrogen-bond acceptors (Lipinski definition) is 3. The van der Waals surface area contributed by atoms with Crippen molar-refractivity contribution >= 4 is 21.7 Å². The highest BCUT2D eigenvalue weighted by atomic mass is 79.9. The SMILES string of the molecule is CCCCCNc1ncc(Br)cc1C#N. The van der Waals surface area contributed by atoms with Gasteiger partial charge in [-0.2, -0.15) is 5.26 Å². The summed E-state index contributed by atoms with van der Waals surface area (Å²) >= 11 is 3.29. The van der Waals surface area contributed by atoms with Crippen LogP contribution in [-0.4, -0.2) is 11.5 Å². The summed E-state index contributed by atoms with van der Waals surface area (Å²) in [5.41, 5.74) is 0.584. The molecule has 0 unspecified atom stereocenters. The molecule has 3 nitrogen and oxygen atoms in total. The van der Waals surface area contributed by atoms with Crippen LogP contribution in [0.1, 0.15) is 31.7 Å². The van der Waals surface area contributed by atoms with E-state index in [0.29, 0.717) is 11.4 Å². The van der Waals surface area contributed by atoms with Crippen molar-refractivity contribution in [3.8, 4) is 6.07 Å². The fraction of sp³-hybridized carbons (Fsp3) is 0.455. The van der Waals surface area contributed by atoms with Gasteiger partial charge in [-0.05, 0) is 28.4 Å². The van der Waals surface area contributed by atoms with Crippen molar-refractivity contribution in [1.82, 2.24) is 4.98 Å². The molecule has 0 aliphatic heterocycles. The smallest absolute Gasteiger partial charge is 0.143 e. The van der Waals surface area contributed by atoms with Gasteiger partial charge in [-0.25, -0.2) is 4.98 Å². The van der Waals surface area contributed by atoms with E-state index in [1.165, 1.54) is 12.8 Å². The van der Waals surface area contributed by atoms with E-state index in [0.717, 1.165) is 17.4 Å². The quantitative estimate of drug-likeness (QED) is 0.833. The van der Waals surface area contributed by atoms with E-state index >= 15 is 0 Å². The first-order valence-corrected chi connectivity index (χ1v) is 5.86. The second-order valence-corrected chi connectivity index (χ2v) is 4.21.